The molecule has 1 N–H and O–H groups in total. The largest absolute Gasteiger partial charge is 0.462 e. The van der Waals surface area contributed by atoms with Crippen LogP contribution in [0.1, 0.15) is 40.5 Å². The van der Waals surface area contributed by atoms with Gasteiger partial charge in [-0.15, -0.1) is 0 Å². The predicted octanol–water partition coefficient (Wildman–Crippen LogP) is 4.23. The first-order chi connectivity index (χ1) is 12.0. The number of ketones is 1. The number of ether oxygens (including phenoxy) is 1. The van der Waals surface area contributed by atoms with Gasteiger partial charge in [-0.05, 0) is 37.3 Å². The van der Waals surface area contributed by atoms with Gasteiger partial charge in [0, 0.05) is 28.6 Å². The van der Waals surface area contributed by atoms with Crippen LogP contribution in [0.25, 0.3) is 0 Å². The van der Waals surface area contributed by atoms with Gasteiger partial charge in [0.25, 0.3) is 0 Å². The van der Waals surface area contributed by atoms with Crippen molar-refractivity contribution in [2.75, 3.05) is 11.9 Å². The standard InChI is InChI=1S/C19H18BrNO4/c1-2-25-19(24)14-4-3-5-16(12-14)21-18(23)11-10-17(22)13-6-8-15(20)9-7-13/h3-9,12H,2,10-11H2,1H3,(H,21,23). The molecule has 0 saturated heterocycles. The molecule has 6 heteroatoms. The van der Waals surface area contributed by atoms with Crippen molar-refractivity contribution in [2.45, 2.75) is 19.8 Å². The summed E-state index contributed by atoms with van der Waals surface area (Å²) in [5.74, 6) is -0.821. The molecule has 0 saturated carbocycles. The predicted molar refractivity (Wildman–Crippen MR) is 98.7 cm³/mol. The van der Waals surface area contributed by atoms with Crippen LogP contribution in [0.4, 0.5) is 5.69 Å². The van der Waals surface area contributed by atoms with E-state index in [1.165, 1.54) is 0 Å². The van der Waals surface area contributed by atoms with Crippen LogP contribution in [0, 0.1) is 0 Å². The molecule has 1 amide bonds. The SMILES string of the molecule is CCOC(=O)c1cccc(NC(=O)CCC(=O)c2ccc(Br)cc2)c1. The van der Waals surface area contributed by atoms with Crippen LogP contribution in [0.5, 0.6) is 0 Å². The number of nitrogens with one attached hydrogen (secondary N) is 1. The maximum atomic E-state index is 12.1. The van der Waals surface area contributed by atoms with Gasteiger partial charge in [-0.1, -0.05) is 34.1 Å². The van der Waals surface area contributed by atoms with Gasteiger partial charge in [0.1, 0.15) is 0 Å². The first-order valence-corrected chi connectivity index (χ1v) is 8.64. The molecule has 0 aliphatic carbocycles. The van der Waals surface area contributed by atoms with Crippen LogP contribution in [0.3, 0.4) is 0 Å². The third-order valence-corrected chi connectivity index (χ3v) is 3.93. The van der Waals surface area contributed by atoms with Gasteiger partial charge in [0.2, 0.25) is 5.91 Å². The third kappa shape index (κ3) is 5.83. The highest BCUT2D eigenvalue weighted by Gasteiger charge is 2.11. The summed E-state index contributed by atoms with van der Waals surface area (Å²) >= 11 is 3.31. The van der Waals surface area contributed by atoms with Gasteiger partial charge in [-0.25, -0.2) is 4.79 Å². The average Bonchev–Trinajstić information content (AvgIpc) is 2.61. The van der Waals surface area contributed by atoms with Crippen molar-refractivity contribution in [1.29, 1.82) is 0 Å². The molecule has 0 fully saturated rings. The van der Waals surface area contributed by atoms with Gasteiger partial charge in [-0.3, -0.25) is 9.59 Å². The quantitative estimate of drug-likeness (QED) is 0.554. The summed E-state index contributed by atoms with van der Waals surface area (Å²) in [5, 5.41) is 2.69. The molecule has 0 heterocycles. The number of hydrogen-bond donors (Lipinski definition) is 1. The molecule has 0 unspecified atom stereocenters. The van der Waals surface area contributed by atoms with E-state index in [1.807, 2.05) is 0 Å². The van der Waals surface area contributed by atoms with Crippen LogP contribution in [-0.4, -0.2) is 24.3 Å². The third-order valence-electron chi connectivity index (χ3n) is 3.40. The summed E-state index contributed by atoms with van der Waals surface area (Å²) in [6.45, 7) is 2.01. The van der Waals surface area contributed by atoms with Gasteiger partial charge in [-0.2, -0.15) is 0 Å². The maximum Gasteiger partial charge on any atom is 0.338 e. The topological polar surface area (TPSA) is 72.5 Å². The fraction of sp³-hybridized carbons (Fsp3) is 0.211. The first-order valence-electron chi connectivity index (χ1n) is 7.85. The number of hydrogen-bond acceptors (Lipinski definition) is 4. The lowest BCUT2D eigenvalue weighted by atomic mass is 10.1. The molecule has 2 aromatic carbocycles. The van der Waals surface area contributed by atoms with Crippen molar-refractivity contribution in [3.63, 3.8) is 0 Å². The van der Waals surface area contributed by atoms with E-state index in [-0.39, 0.29) is 31.1 Å². The van der Waals surface area contributed by atoms with Gasteiger partial charge in [0.05, 0.1) is 12.2 Å². The van der Waals surface area contributed by atoms with Crippen LogP contribution in [0.15, 0.2) is 53.0 Å². The Bertz CT molecular complexity index is 771. The lowest BCUT2D eigenvalue weighted by molar-refractivity contribution is -0.116. The van der Waals surface area contributed by atoms with Crippen LogP contribution in [0.2, 0.25) is 0 Å². The second-order valence-corrected chi connectivity index (χ2v) is 6.20. The lowest BCUT2D eigenvalue weighted by Crippen LogP contribution is -2.14. The summed E-state index contributed by atoms with van der Waals surface area (Å²) in [7, 11) is 0. The normalized spacial score (nSPS) is 10.2. The Kier molecular flexibility index (Phi) is 6.89. The fourth-order valence-corrected chi connectivity index (χ4v) is 2.43. The molecule has 2 aromatic rings. The minimum atomic E-state index is -0.441. The molecule has 0 radical (unpaired) electrons. The Morgan fingerprint density at radius 2 is 1.72 bits per heavy atom. The number of carbonyl (C=O) groups is 3. The zero-order chi connectivity index (χ0) is 18.2. The Hall–Kier alpha value is -2.47. The van der Waals surface area contributed by atoms with E-state index in [0.29, 0.717) is 16.8 Å². The Morgan fingerprint density at radius 1 is 1.00 bits per heavy atom. The zero-order valence-corrected chi connectivity index (χ0v) is 15.3. The van der Waals surface area contributed by atoms with Crippen LogP contribution < -0.4 is 5.32 Å². The van der Waals surface area contributed by atoms with E-state index in [2.05, 4.69) is 21.2 Å². The van der Waals surface area contributed by atoms with E-state index >= 15 is 0 Å². The van der Waals surface area contributed by atoms with Crippen molar-refractivity contribution < 1.29 is 19.1 Å². The smallest absolute Gasteiger partial charge is 0.338 e. The van der Waals surface area contributed by atoms with E-state index < -0.39 is 5.97 Å². The minimum absolute atomic E-state index is 0.0680. The van der Waals surface area contributed by atoms with E-state index in [9.17, 15) is 14.4 Å². The Balaban J connectivity index is 1.90. The summed E-state index contributed by atoms with van der Waals surface area (Å²) in [6.07, 6.45) is 0.184. The molecule has 0 atom stereocenters. The molecular weight excluding hydrogens is 386 g/mol. The fourth-order valence-electron chi connectivity index (χ4n) is 2.17. The van der Waals surface area contributed by atoms with Crippen LogP contribution >= 0.6 is 15.9 Å². The first kappa shape index (κ1) is 18.9. The molecule has 0 bridgehead atoms. The summed E-state index contributed by atoms with van der Waals surface area (Å²) in [5.41, 5.74) is 1.43. The molecule has 0 spiro atoms. The number of carbonyl (C=O) groups excluding carboxylic acids is 3. The molecule has 2 rings (SSSR count). The number of benzene rings is 2. The number of halogens is 1. The van der Waals surface area contributed by atoms with Crippen molar-refractivity contribution in [1.82, 2.24) is 0 Å². The number of amides is 1. The molecule has 5 nitrogen and oxygen atoms in total. The molecule has 0 aromatic heterocycles. The van der Waals surface area contributed by atoms with E-state index in [4.69, 9.17) is 4.74 Å². The minimum Gasteiger partial charge on any atom is -0.462 e. The summed E-state index contributed by atoms with van der Waals surface area (Å²) in [6, 6.07) is 13.5. The van der Waals surface area contributed by atoms with E-state index in [0.717, 1.165) is 4.47 Å². The van der Waals surface area contributed by atoms with Gasteiger partial charge in [0.15, 0.2) is 5.78 Å². The number of esters is 1. The average molecular weight is 404 g/mol. The molecule has 0 aliphatic rings. The number of rotatable bonds is 7. The second kappa shape index (κ2) is 9.13. The van der Waals surface area contributed by atoms with Gasteiger partial charge < -0.3 is 10.1 Å². The summed E-state index contributed by atoms with van der Waals surface area (Å²) in [4.78, 5) is 35.8. The highest BCUT2D eigenvalue weighted by atomic mass is 79.9. The highest BCUT2D eigenvalue weighted by molar-refractivity contribution is 9.10. The molecule has 25 heavy (non-hydrogen) atoms. The Labute approximate surface area is 154 Å². The van der Waals surface area contributed by atoms with Crippen molar-refractivity contribution in [3.05, 3.63) is 64.1 Å². The number of Topliss-reactive ketones (excluding diaryl/α,β-unsaturated/α-hetero) is 1. The number of anilines is 1. The van der Waals surface area contributed by atoms with Gasteiger partial charge >= 0.3 is 5.97 Å². The van der Waals surface area contributed by atoms with Crippen molar-refractivity contribution >= 4 is 39.3 Å². The maximum absolute atomic E-state index is 12.1. The second-order valence-electron chi connectivity index (χ2n) is 5.28. The summed E-state index contributed by atoms with van der Waals surface area (Å²) < 4.78 is 5.82. The molecular formula is C19H18BrNO4. The molecule has 0 aliphatic heterocycles. The van der Waals surface area contributed by atoms with Crippen molar-refractivity contribution in [3.8, 4) is 0 Å². The van der Waals surface area contributed by atoms with Crippen molar-refractivity contribution in [2.24, 2.45) is 0 Å². The highest BCUT2D eigenvalue weighted by Crippen LogP contribution is 2.14. The Morgan fingerprint density at radius 3 is 2.40 bits per heavy atom. The molecule has 130 valence electrons. The zero-order valence-electron chi connectivity index (χ0n) is 13.8. The monoisotopic (exact) mass is 403 g/mol. The van der Waals surface area contributed by atoms with E-state index in [1.54, 1.807) is 55.5 Å². The lowest BCUT2D eigenvalue weighted by Gasteiger charge is -2.07. The van der Waals surface area contributed by atoms with Crippen LogP contribution in [-0.2, 0) is 9.53 Å².